The quantitative estimate of drug-likeness (QED) is 0.309. The maximum absolute atomic E-state index is 13.2. The second-order valence-electron chi connectivity index (χ2n) is 8.60. The van der Waals surface area contributed by atoms with Crippen LogP contribution in [0.15, 0.2) is 90.0 Å². The van der Waals surface area contributed by atoms with Gasteiger partial charge in [0.15, 0.2) is 0 Å². The van der Waals surface area contributed by atoms with Gasteiger partial charge in [0.25, 0.3) is 15.9 Å². The van der Waals surface area contributed by atoms with Crippen LogP contribution in [0.25, 0.3) is 0 Å². The average Bonchev–Trinajstić information content (AvgIpc) is 2.92. The number of sulfonamides is 1. The molecule has 8 nitrogen and oxygen atoms in total. The van der Waals surface area contributed by atoms with Crippen molar-refractivity contribution in [3.8, 4) is 5.75 Å². The number of amides is 1. The number of anilines is 1. The first-order valence-corrected chi connectivity index (χ1v) is 13.7. The van der Waals surface area contributed by atoms with E-state index in [1.165, 1.54) is 30.0 Å². The van der Waals surface area contributed by atoms with Crippen molar-refractivity contribution >= 4 is 33.5 Å². The second kappa shape index (κ2) is 12.1. The normalized spacial score (nSPS) is 11.1. The first-order valence-electron chi connectivity index (χ1n) is 11.8. The third kappa shape index (κ3) is 6.87. The fraction of sp³-hybridized carbons (Fsp3) is 0.179. The summed E-state index contributed by atoms with van der Waals surface area (Å²) in [6.45, 7) is 0.653. The predicted molar refractivity (Wildman–Crippen MR) is 147 cm³/mol. The summed E-state index contributed by atoms with van der Waals surface area (Å²) >= 11 is 5.94. The number of likely N-dealkylation sites (N-methyl/N-ethyl adjacent to an activating group) is 1. The van der Waals surface area contributed by atoms with Crippen LogP contribution in [0.5, 0.6) is 5.75 Å². The molecule has 0 unspecified atom stereocenters. The standard InChI is InChI=1S/C28H27ClN4O4S/c1-33(16-15-20-7-4-3-5-8-20)28-30-19-25(26(31-28)17-21-11-13-23(37-2)14-12-21)27(34)32-38(35,36)24-10-6-9-22(29)18-24/h3-14,18-19H,15-17H2,1-2H3,(H,32,34). The maximum Gasteiger partial charge on any atom is 0.268 e. The van der Waals surface area contributed by atoms with E-state index in [-0.39, 0.29) is 21.9 Å². The highest BCUT2D eigenvalue weighted by molar-refractivity contribution is 7.90. The van der Waals surface area contributed by atoms with Crippen molar-refractivity contribution in [2.24, 2.45) is 0 Å². The number of halogens is 1. The number of benzene rings is 3. The lowest BCUT2D eigenvalue weighted by atomic mass is 10.1. The van der Waals surface area contributed by atoms with E-state index in [1.807, 2.05) is 54.4 Å². The third-order valence-electron chi connectivity index (χ3n) is 5.88. The molecule has 0 aliphatic heterocycles. The number of hydrogen-bond acceptors (Lipinski definition) is 7. The monoisotopic (exact) mass is 550 g/mol. The molecule has 0 fully saturated rings. The predicted octanol–water partition coefficient (Wildman–Crippen LogP) is 4.53. The van der Waals surface area contributed by atoms with Gasteiger partial charge >= 0.3 is 0 Å². The van der Waals surface area contributed by atoms with Crippen molar-refractivity contribution in [3.63, 3.8) is 0 Å². The Morgan fingerprint density at radius 2 is 1.74 bits per heavy atom. The van der Waals surface area contributed by atoms with Crippen LogP contribution in [-0.2, 0) is 22.9 Å². The largest absolute Gasteiger partial charge is 0.497 e. The number of carbonyl (C=O) groups excluding carboxylic acids is 1. The zero-order valence-electron chi connectivity index (χ0n) is 21.0. The second-order valence-corrected chi connectivity index (χ2v) is 10.7. The highest BCUT2D eigenvalue weighted by Crippen LogP contribution is 2.20. The van der Waals surface area contributed by atoms with Crippen LogP contribution in [0.1, 0.15) is 27.2 Å². The zero-order chi connectivity index (χ0) is 27.1. The molecule has 1 aromatic heterocycles. The third-order valence-corrected chi connectivity index (χ3v) is 7.45. The molecule has 1 N–H and O–H groups in total. The summed E-state index contributed by atoms with van der Waals surface area (Å²) in [4.78, 5) is 24.0. The minimum atomic E-state index is -4.16. The molecule has 1 heterocycles. The molecule has 3 aromatic carbocycles. The Labute approximate surface area is 227 Å². The number of aromatic nitrogens is 2. The van der Waals surface area contributed by atoms with Crippen molar-refractivity contribution < 1.29 is 17.9 Å². The van der Waals surface area contributed by atoms with Crippen LogP contribution < -0.4 is 14.4 Å². The van der Waals surface area contributed by atoms with Gasteiger partial charge in [-0.05, 0) is 47.9 Å². The van der Waals surface area contributed by atoms with Crippen molar-refractivity contribution in [2.45, 2.75) is 17.7 Å². The molecule has 196 valence electrons. The Kier molecular flexibility index (Phi) is 8.60. The maximum atomic E-state index is 13.2. The molecule has 0 saturated heterocycles. The van der Waals surface area contributed by atoms with Crippen molar-refractivity contribution in [2.75, 3.05) is 25.6 Å². The number of nitrogens with one attached hydrogen (secondary N) is 1. The summed E-state index contributed by atoms with van der Waals surface area (Å²) in [6.07, 6.45) is 2.43. The summed E-state index contributed by atoms with van der Waals surface area (Å²) in [5.74, 6) is 0.300. The van der Waals surface area contributed by atoms with Gasteiger partial charge in [-0.2, -0.15) is 0 Å². The van der Waals surface area contributed by atoms with Crippen molar-refractivity contribution in [1.82, 2.24) is 14.7 Å². The van der Waals surface area contributed by atoms with E-state index in [4.69, 9.17) is 16.3 Å². The van der Waals surface area contributed by atoms with E-state index < -0.39 is 15.9 Å². The fourth-order valence-electron chi connectivity index (χ4n) is 3.76. The Bertz CT molecular complexity index is 1510. The fourth-order valence-corrected chi connectivity index (χ4v) is 5.03. The van der Waals surface area contributed by atoms with Crippen LogP contribution in [0.2, 0.25) is 5.02 Å². The molecule has 0 radical (unpaired) electrons. The number of rotatable bonds is 10. The van der Waals surface area contributed by atoms with Gasteiger partial charge in [-0.1, -0.05) is 60.1 Å². The summed E-state index contributed by atoms with van der Waals surface area (Å²) in [6, 6.07) is 23.1. The molecular formula is C28H27ClN4O4S. The minimum Gasteiger partial charge on any atom is -0.497 e. The smallest absolute Gasteiger partial charge is 0.268 e. The topological polar surface area (TPSA) is 101 Å². The SMILES string of the molecule is COc1ccc(Cc2nc(N(C)CCc3ccccc3)ncc2C(=O)NS(=O)(=O)c2cccc(Cl)c2)cc1. The van der Waals surface area contributed by atoms with Crippen LogP contribution in [0, 0.1) is 0 Å². The van der Waals surface area contributed by atoms with Gasteiger partial charge in [0.1, 0.15) is 5.75 Å². The molecule has 0 aliphatic rings. The first kappa shape index (κ1) is 27.1. The van der Waals surface area contributed by atoms with Crippen LogP contribution in [-0.4, -0.2) is 45.0 Å². The van der Waals surface area contributed by atoms with E-state index >= 15 is 0 Å². The summed E-state index contributed by atoms with van der Waals surface area (Å²) in [5, 5.41) is 0.242. The van der Waals surface area contributed by atoms with Crippen molar-refractivity contribution in [3.05, 3.63) is 112 Å². The van der Waals surface area contributed by atoms with Gasteiger partial charge in [0, 0.05) is 31.2 Å². The van der Waals surface area contributed by atoms with E-state index in [0.717, 1.165) is 12.0 Å². The highest BCUT2D eigenvalue weighted by atomic mass is 35.5. The van der Waals surface area contributed by atoms with Crippen LogP contribution in [0.3, 0.4) is 0 Å². The Balaban J connectivity index is 1.62. The van der Waals surface area contributed by atoms with Gasteiger partial charge in [-0.15, -0.1) is 0 Å². The lowest BCUT2D eigenvalue weighted by molar-refractivity contribution is 0.0980. The number of ether oxygens (including phenoxy) is 1. The summed E-state index contributed by atoms with van der Waals surface area (Å²) < 4.78 is 33.0. The van der Waals surface area contributed by atoms with Crippen molar-refractivity contribution in [1.29, 1.82) is 0 Å². The van der Waals surface area contributed by atoms with Crippen LogP contribution in [0.4, 0.5) is 5.95 Å². The molecule has 1 amide bonds. The van der Waals surface area contributed by atoms with E-state index in [1.54, 1.807) is 13.2 Å². The Morgan fingerprint density at radius 1 is 1.00 bits per heavy atom. The van der Waals surface area contributed by atoms with E-state index in [9.17, 15) is 13.2 Å². The summed E-state index contributed by atoms with van der Waals surface area (Å²) in [5.41, 5.74) is 2.51. The average molecular weight is 551 g/mol. The number of methoxy groups -OCH3 is 1. The lowest BCUT2D eigenvalue weighted by Gasteiger charge is -2.19. The van der Waals surface area contributed by atoms with E-state index in [0.29, 0.717) is 23.9 Å². The minimum absolute atomic E-state index is 0.0617. The van der Waals surface area contributed by atoms with Gasteiger partial charge in [-0.25, -0.2) is 23.1 Å². The molecule has 0 aliphatic carbocycles. The molecular weight excluding hydrogens is 524 g/mol. The van der Waals surface area contributed by atoms with Gasteiger partial charge in [0.2, 0.25) is 5.95 Å². The lowest BCUT2D eigenvalue weighted by Crippen LogP contribution is -2.32. The molecule has 0 spiro atoms. The molecule has 4 rings (SSSR count). The van der Waals surface area contributed by atoms with Crippen LogP contribution >= 0.6 is 11.6 Å². The summed E-state index contributed by atoms with van der Waals surface area (Å²) in [7, 11) is -0.704. The number of carbonyl (C=O) groups is 1. The Hall–Kier alpha value is -3.95. The number of nitrogens with zero attached hydrogens (tertiary/aromatic N) is 3. The molecule has 0 atom stereocenters. The molecule has 4 aromatic rings. The van der Waals surface area contributed by atoms with Gasteiger partial charge in [0.05, 0.1) is 23.3 Å². The number of hydrogen-bond donors (Lipinski definition) is 1. The molecule has 10 heteroatoms. The highest BCUT2D eigenvalue weighted by Gasteiger charge is 2.23. The Morgan fingerprint density at radius 3 is 2.42 bits per heavy atom. The van der Waals surface area contributed by atoms with Gasteiger partial charge < -0.3 is 9.64 Å². The van der Waals surface area contributed by atoms with Gasteiger partial charge in [-0.3, -0.25) is 4.79 Å². The van der Waals surface area contributed by atoms with E-state index in [2.05, 4.69) is 26.8 Å². The molecule has 0 saturated carbocycles. The zero-order valence-corrected chi connectivity index (χ0v) is 22.5. The molecule has 38 heavy (non-hydrogen) atoms. The molecule has 0 bridgehead atoms. The first-order chi connectivity index (χ1) is 18.2.